The topological polar surface area (TPSA) is 53.0 Å². The van der Waals surface area contributed by atoms with Crippen molar-refractivity contribution in [3.05, 3.63) is 0 Å². The Labute approximate surface area is 145 Å². The van der Waals surface area contributed by atoms with Gasteiger partial charge in [-0.25, -0.2) is 0 Å². The fourth-order valence-corrected chi connectivity index (χ4v) is 7.91. The van der Waals surface area contributed by atoms with Crippen LogP contribution in [0.15, 0.2) is 0 Å². The van der Waals surface area contributed by atoms with Gasteiger partial charge in [-0.15, -0.1) is 6.42 Å². The van der Waals surface area contributed by atoms with E-state index in [9.17, 15) is 10.2 Å². The molecule has 0 unspecified atom stereocenters. The molecule has 132 valence electrons. The number of aliphatic hydroxyl groups excluding tert-OH is 1. The number of epoxide rings is 1. The summed E-state index contributed by atoms with van der Waals surface area (Å²) in [5, 5.41) is 21.3. The molecule has 0 bridgehead atoms. The summed E-state index contributed by atoms with van der Waals surface area (Å²) in [6.45, 7) is 4.67. The minimum absolute atomic E-state index is 0.0550. The fraction of sp³-hybridized carbons (Fsp3) is 0.905. The Morgan fingerprint density at radius 2 is 1.71 bits per heavy atom. The van der Waals surface area contributed by atoms with Crippen LogP contribution in [-0.2, 0) is 4.74 Å². The molecule has 0 amide bonds. The van der Waals surface area contributed by atoms with E-state index in [0.717, 1.165) is 51.4 Å². The van der Waals surface area contributed by atoms with Crippen molar-refractivity contribution >= 4 is 0 Å². The number of ether oxygens (including phenoxy) is 1. The molecule has 5 fully saturated rings. The van der Waals surface area contributed by atoms with Crippen LogP contribution in [0.5, 0.6) is 0 Å². The first-order chi connectivity index (χ1) is 11.3. The normalized spacial score (nSPS) is 64.2. The Hall–Kier alpha value is -0.560. The number of hydrogen-bond acceptors (Lipinski definition) is 3. The average molecular weight is 330 g/mol. The predicted octanol–water partition coefficient (Wildman–Crippen LogP) is 2.89. The van der Waals surface area contributed by atoms with E-state index in [1.807, 2.05) is 0 Å². The van der Waals surface area contributed by atoms with Gasteiger partial charge >= 0.3 is 0 Å². The number of aliphatic hydroxyl groups is 2. The highest BCUT2D eigenvalue weighted by molar-refractivity contribution is 5.28. The Kier molecular flexibility index (Phi) is 2.87. The van der Waals surface area contributed by atoms with Crippen LogP contribution in [0.4, 0.5) is 0 Å². The van der Waals surface area contributed by atoms with Crippen LogP contribution < -0.4 is 0 Å². The van der Waals surface area contributed by atoms with Gasteiger partial charge in [0.25, 0.3) is 0 Å². The summed E-state index contributed by atoms with van der Waals surface area (Å²) in [4.78, 5) is 0. The zero-order chi connectivity index (χ0) is 17.0. The maximum Gasteiger partial charge on any atom is 0.130 e. The molecular formula is C21H30O3. The molecule has 9 atom stereocenters. The maximum absolute atomic E-state index is 11.1. The highest BCUT2D eigenvalue weighted by Gasteiger charge is 2.76. The molecule has 0 radical (unpaired) electrons. The van der Waals surface area contributed by atoms with Crippen molar-refractivity contribution in [3.8, 4) is 12.3 Å². The molecule has 4 aliphatic carbocycles. The van der Waals surface area contributed by atoms with Crippen molar-refractivity contribution in [3.63, 3.8) is 0 Å². The quantitative estimate of drug-likeness (QED) is 0.530. The molecule has 24 heavy (non-hydrogen) atoms. The van der Waals surface area contributed by atoms with Gasteiger partial charge in [0.2, 0.25) is 0 Å². The van der Waals surface area contributed by atoms with Gasteiger partial charge in [-0.05, 0) is 62.7 Å². The largest absolute Gasteiger partial charge is 0.393 e. The Bertz CT molecular complexity index is 625. The first-order valence-electron chi connectivity index (χ1n) is 9.86. The Morgan fingerprint density at radius 3 is 2.46 bits per heavy atom. The highest BCUT2D eigenvalue weighted by Crippen LogP contribution is 2.74. The first kappa shape index (κ1) is 15.7. The van der Waals surface area contributed by atoms with Crippen LogP contribution in [-0.4, -0.2) is 33.6 Å². The standard InChI is InChI=1S/C21H30O3/c1-4-20(23)10-7-15-14-11-17-21(24-17)12-13(22)5-8-19(21,3)16(14)6-9-18(15,20)2/h1,13-17,22-23H,5-12H2,2-3H3/t13-,14-,15+,16-,17-,18+,19-,20-,21-/m0/s1. The van der Waals surface area contributed by atoms with E-state index in [2.05, 4.69) is 19.8 Å². The maximum atomic E-state index is 11.1. The second-order valence-corrected chi connectivity index (χ2v) is 9.92. The van der Waals surface area contributed by atoms with Crippen molar-refractivity contribution in [2.45, 2.75) is 88.6 Å². The highest BCUT2D eigenvalue weighted by atomic mass is 16.6. The molecule has 1 spiro atoms. The predicted molar refractivity (Wildman–Crippen MR) is 91.0 cm³/mol. The molecule has 1 saturated heterocycles. The molecule has 3 nitrogen and oxygen atoms in total. The third-order valence-electron chi connectivity index (χ3n) is 9.45. The van der Waals surface area contributed by atoms with Crippen LogP contribution in [0.1, 0.15) is 65.2 Å². The van der Waals surface area contributed by atoms with Gasteiger partial charge in [-0.3, -0.25) is 0 Å². The molecule has 4 saturated carbocycles. The molecule has 0 aromatic carbocycles. The van der Waals surface area contributed by atoms with E-state index in [0.29, 0.717) is 23.9 Å². The van der Waals surface area contributed by atoms with E-state index >= 15 is 0 Å². The van der Waals surface area contributed by atoms with Crippen LogP contribution in [0, 0.1) is 40.9 Å². The van der Waals surface area contributed by atoms with Gasteiger partial charge in [-0.2, -0.15) is 0 Å². The zero-order valence-corrected chi connectivity index (χ0v) is 14.9. The number of rotatable bonds is 0. The Morgan fingerprint density at radius 1 is 1.04 bits per heavy atom. The van der Waals surface area contributed by atoms with Crippen molar-refractivity contribution < 1.29 is 14.9 Å². The molecule has 1 heterocycles. The lowest BCUT2D eigenvalue weighted by atomic mass is 9.44. The molecule has 0 aromatic rings. The van der Waals surface area contributed by atoms with Gasteiger partial charge in [-0.1, -0.05) is 19.8 Å². The molecular weight excluding hydrogens is 300 g/mol. The molecule has 5 rings (SSSR count). The van der Waals surface area contributed by atoms with Gasteiger partial charge in [0.1, 0.15) is 11.2 Å². The second kappa shape index (κ2) is 4.40. The molecule has 5 aliphatic rings. The number of fused-ring (bicyclic) bond motifs is 4. The monoisotopic (exact) mass is 330 g/mol. The summed E-state index contributed by atoms with van der Waals surface area (Å²) in [5.41, 5.74) is -0.924. The van der Waals surface area contributed by atoms with E-state index in [-0.39, 0.29) is 22.5 Å². The van der Waals surface area contributed by atoms with Crippen molar-refractivity contribution in [1.82, 2.24) is 0 Å². The summed E-state index contributed by atoms with van der Waals surface area (Å²) < 4.78 is 6.33. The van der Waals surface area contributed by atoms with Crippen LogP contribution >= 0.6 is 0 Å². The van der Waals surface area contributed by atoms with E-state index in [1.165, 1.54) is 0 Å². The lowest BCUT2D eigenvalue weighted by Gasteiger charge is -2.59. The van der Waals surface area contributed by atoms with E-state index in [4.69, 9.17) is 11.2 Å². The smallest absolute Gasteiger partial charge is 0.130 e. The lowest BCUT2D eigenvalue weighted by molar-refractivity contribution is -0.133. The van der Waals surface area contributed by atoms with Gasteiger partial charge < -0.3 is 14.9 Å². The molecule has 3 heteroatoms. The summed E-state index contributed by atoms with van der Waals surface area (Å²) >= 11 is 0. The van der Waals surface area contributed by atoms with E-state index < -0.39 is 5.60 Å². The molecule has 0 aromatic heterocycles. The average Bonchev–Trinajstić information content (AvgIpc) is 3.17. The fourth-order valence-electron chi connectivity index (χ4n) is 7.91. The second-order valence-electron chi connectivity index (χ2n) is 9.92. The third-order valence-corrected chi connectivity index (χ3v) is 9.45. The molecule has 2 N–H and O–H groups in total. The van der Waals surface area contributed by atoms with Crippen molar-refractivity contribution in [2.24, 2.45) is 28.6 Å². The Balaban J connectivity index is 1.52. The number of hydrogen-bond donors (Lipinski definition) is 2. The zero-order valence-electron chi connectivity index (χ0n) is 14.9. The summed E-state index contributed by atoms with van der Waals surface area (Å²) in [7, 11) is 0. The van der Waals surface area contributed by atoms with Crippen molar-refractivity contribution in [2.75, 3.05) is 0 Å². The van der Waals surface area contributed by atoms with Crippen molar-refractivity contribution in [1.29, 1.82) is 0 Å². The van der Waals surface area contributed by atoms with Crippen LogP contribution in [0.3, 0.4) is 0 Å². The van der Waals surface area contributed by atoms with Crippen LogP contribution in [0.2, 0.25) is 0 Å². The van der Waals surface area contributed by atoms with Gasteiger partial charge in [0.05, 0.1) is 12.2 Å². The van der Waals surface area contributed by atoms with E-state index in [1.54, 1.807) is 0 Å². The SMILES string of the molecule is C#C[C@]1(O)CC[C@@H]2[C@@H]3C[C@@H]4O[C@@]45C[C@@H](O)CC[C@@]5(C)[C@H]3CC[C@]21C. The van der Waals surface area contributed by atoms with Gasteiger partial charge in [0, 0.05) is 17.3 Å². The first-order valence-corrected chi connectivity index (χ1v) is 9.86. The summed E-state index contributed by atoms with van der Waals surface area (Å²) in [6, 6.07) is 0. The third kappa shape index (κ3) is 1.53. The summed E-state index contributed by atoms with van der Waals surface area (Å²) in [6.07, 6.45) is 13.8. The number of terminal acetylenes is 1. The molecule has 1 aliphatic heterocycles. The van der Waals surface area contributed by atoms with Gasteiger partial charge in [0.15, 0.2) is 0 Å². The minimum Gasteiger partial charge on any atom is -0.393 e. The minimum atomic E-state index is -0.925. The summed E-state index contributed by atoms with van der Waals surface area (Å²) in [5.74, 6) is 4.55. The lowest BCUT2D eigenvalue weighted by Crippen LogP contribution is -2.60. The van der Waals surface area contributed by atoms with Crippen LogP contribution in [0.25, 0.3) is 0 Å².